The Morgan fingerprint density at radius 1 is 0.912 bits per heavy atom. The van der Waals surface area contributed by atoms with Gasteiger partial charge in [0.15, 0.2) is 23.0 Å². The van der Waals surface area contributed by atoms with Crippen LogP contribution in [0.1, 0.15) is 144 Å². The van der Waals surface area contributed by atoms with Gasteiger partial charge in [0.1, 0.15) is 6.10 Å². The lowest BCUT2D eigenvalue weighted by molar-refractivity contribution is -0.341. The van der Waals surface area contributed by atoms with E-state index in [9.17, 15) is 30.3 Å². The van der Waals surface area contributed by atoms with Gasteiger partial charge >= 0.3 is 5.97 Å². The molecule has 0 saturated carbocycles. The molecule has 7 rings (SSSR count). The highest BCUT2D eigenvalue weighted by Crippen LogP contribution is 2.48. The summed E-state index contributed by atoms with van der Waals surface area (Å²) in [4.78, 5) is 11.6. The highest BCUT2D eigenvalue weighted by molar-refractivity contribution is 5.76. The van der Waals surface area contributed by atoms with Crippen molar-refractivity contribution in [3.8, 4) is 0 Å². The van der Waals surface area contributed by atoms with Crippen molar-refractivity contribution in [1.29, 1.82) is 0 Å². The van der Waals surface area contributed by atoms with Crippen LogP contribution in [0.4, 0.5) is 0 Å². The standard InChI is InChI=1S/C44H72O13/c1-25-21-34(54-44(23-25)18-13-31(45)35(55-44)24-41(6,50)40(48)49)26(2)9-10-30-12-17-43(53-30)19-14-33-39(57-43)36(47)29(5)38(52-33)32(46)22-28(4)37-27(3)11-16-42(56-37)15-7-8-20-51-42/h23,26-39,45-47,50H,7-22,24H2,1-6H3,(H,48,49)/t26-,27?,28+,29?,30?,31+,32?,33?,34?,35?,36-,37+,38+,39?,41-,42+,43-,44-/m1/s1. The third-order valence-electron chi connectivity index (χ3n) is 14.8. The second-order valence-corrected chi connectivity index (χ2v) is 19.7. The number of fused-ring (bicyclic) bond motifs is 1. The maximum Gasteiger partial charge on any atom is 0.335 e. The first-order valence-electron chi connectivity index (χ1n) is 22.3. The van der Waals surface area contributed by atoms with Gasteiger partial charge in [-0.3, -0.25) is 0 Å². The molecule has 57 heavy (non-hydrogen) atoms. The van der Waals surface area contributed by atoms with Gasteiger partial charge in [0.25, 0.3) is 0 Å². The molecule has 0 aliphatic carbocycles. The molecule has 0 amide bonds. The summed E-state index contributed by atoms with van der Waals surface area (Å²) in [6, 6.07) is 0. The van der Waals surface area contributed by atoms with Crippen LogP contribution in [0.5, 0.6) is 0 Å². The molecular formula is C44H72O13. The molecular weight excluding hydrogens is 736 g/mol. The van der Waals surface area contributed by atoms with Crippen molar-refractivity contribution in [3.63, 3.8) is 0 Å². The average molecular weight is 809 g/mol. The first kappa shape index (κ1) is 43.8. The van der Waals surface area contributed by atoms with Crippen molar-refractivity contribution >= 4 is 5.97 Å². The fraction of sp³-hybridized carbons (Fsp3) is 0.932. The second-order valence-electron chi connectivity index (χ2n) is 19.7. The Balaban J connectivity index is 0.892. The maximum absolute atomic E-state index is 11.7. The predicted octanol–water partition coefficient (Wildman–Crippen LogP) is 5.52. The Kier molecular flexibility index (Phi) is 13.3. The number of ether oxygens (including phenoxy) is 7. The quantitative estimate of drug-likeness (QED) is 0.165. The molecule has 7 heterocycles. The first-order valence-corrected chi connectivity index (χ1v) is 22.3. The molecule has 8 unspecified atom stereocenters. The lowest BCUT2D eigenvalue weighted by atomic mass is 9.78. The van der Waals surface area contributed by atoms with Crippen LogP contribution in [0.2, 0.25) is 0 Å². The molecule has 7 aliphatic heterocycles. The van der Waals surface area contributed by atoms with Gasteiger partial charge < -0.3 is 58.7 Å². The minimum Gasteiger partial charge on any atom is -0.479 e. The van der Waals surface area contributed by atoms with Crippen LogP contribution in [-0.4, -0.2) is 122 Å². The Labute approximate surface area is 339 Å². The first-order chi connectivity index (χ1) is 26.9. The molecule has 0 aromatic rings. The van der Waals surface area contributed by atoms with E-state index >= 15 is 0 Å². The van der Waals surface area contributed by atoms with Gasteiger partial charge in [0, 0.05) is 44.4 Å². The van der Waals surface area contributed by atoms with E-state index in [1.807, 2.05) is 19.9 Å². The van der Waals surface area contributed by atoms with Crippen LogP contribution in [0.15, 0.2) is 11.6 Å². The number of aliphatic carboxylic acids is 1. The van der Waals surface area contributed by atoms with E-state index in [0.29, 0.717) is 38.0 Å². The van der Waals surface area contributed by atoms with E-state index < -0.39 is 65.6 Å². The van der Waals surface area contributed by atoms with Crippen LogP contribution in [0.25, 0.3) is 0 Å². The number of aliphatic hydroxyl groups is 4. The van der Waals surface area contributed by atoms with Gasteiger partial charge in [-0.2, -0.15) is 0 Å². The molecule has 0 bridgehead atoms. The third-order valence-corrected chi connectivity index (χ3v) is 14.8. The van der Waals surface area contributed by atoms with E-state index in [1.165, 1.54) is 6.92 Å². The van der Waals surface area contributed by atoms with Crippen molar-refractivity contribution < 1.29 is 63.5 Å². The molecule has 3 spiro atoms. The van der Waals surface area contributed by atoms with Crippen molar-refractivity contribution in [3.05, 3.63) is 11.6 Å². The highest BCUT2D eigenvalue weighted by atomic mass is 16.7. The zero-order chi connectivity index (χ0) is 40.9. The molecule has 6 saturated heterocycles. The monoisotopic (exact) mass is 808 g/mol. The summed E-state index contributed by atoms with van der Waals surface area (Å²) in [7, 11) is 0. The summed E-state index contributed by atoms with van der Waals surface area (Å²) in [5.41, 5.74) is -0.921. The Hall–Kier alpha value is -1.23. The third kappa shape index (κ3) is 9.49. The number of hydrogen-bond acceptors (Lipinski definition) is 12. The zero-order valence-corrected chi connectivity index (χ0v) is 35.2. The van der Waals surface area contributed by atoms with Crippen molar-refractivity contribution in [2.45, 2.75) is 228 Å². The van der Waals surface area contributed by atoms with Crippen LogP contribution in [0, 0.1) is 23.7 Å². The van der Waals surface area contributed by atoms with E-state index in [0.717, 1.165) is 76.4 Å². The normalized spacial score (nSPS) is 46.6. The van der Waals surface area contributed by atoms with E-state index in [2.05, 4.69) is 20.8 Å². The van der Waals surface area contributed by atoms with Crippen LogP contribution in [0.3, 0.4) is 0 Å². The fourth-order valence-electron chi connectivity index (χ4n) is 11.2. The minimum atomic E-state index is -2.03. The summed E-state index contributed by atoms with van der Waals surface area (Å²) in [6.07, 6.45) is 8.62. The molecule has 7 aliphatic rings. The van der Waals surface area contributed by atoms with Crippen LogP contribution in [-0.2, 0) is 38.0 Å². The van der Waals surface area contributed by atoms with Gasteiger partial charge in [0.2, 0.25) is 0 Å². The second kappa shape index (κ2) is 17.3. The van der Waals surface area contributed by atoms with E-state index in [4.69, 9.17) is 33.2 Å². The lowest BCUT2D eigenvalue weighted by Crippen LogP contribution is -2.62. The number of carbonyl (C=O) groups is 1. The number of rotatable bonds is 11. The summed E-state index contributed by atoms with van der Waals surface area (Å²) in [5.74, 6) is -3.38. The SMILES string of the molecule is CC1=C[C@]2(CC[C@H](O)C(C[C@@](C)(O)C(=O)O)O2)OC([C@H](C)CCC2CC[C@@]3(CCC4O[C@H](C(O)C[C@H](C)[C@H]5O[C@@]6(CCCCO6)CCC5C)C(C)[C@@H](O)C4O3)O2)C1. The molecule has 13 heteroatoms. The predicted molar refractivity (Wildman–Crippen MR) is 208 cm³/mol. The van der Waals surface area contributed by atoms with E-state index in [1.54, 1.807) is 0 Å². The van der Waals surface area contributed by atoms with Gasteiger partial charge in [-0.1, -0.05) is 33.3 Å². The summed E-state index contributed by atoms with van der Waals surface area (Å²) >= 11 is 0. The van der Waals surface area contributed by atoms with Gasteiger partial charge in [-0.15, -0.1) is 0 Å². The Bertz CT molecular complexity index is 1410. The van der Waals surface area contributed by atoms with Gasteiger partial charge in [-0.05, 0) is 102 Å². The largest absolute Gasteiger partial charge is 0.479 e. The molecule has 18 atom stereocenters. The molecule has 0 radical (unpaired) electrons. The number of aliphatic hydroxyl groups excluding tert-OH is 3. The molecule has 13 nitrogen and oxygen atoms in total. The van der Waals surface area contributed by atoms with Gasteiger partial charge in [-0.25, -0.2) is 4.79 Å². The molecule has 5 N–H and O–H groups in total. The fourth-order valence-corrected chi connectivity index (χ4v) is 11.2. The molecule has 6 fully saturated rings. The zero-order valence-electron chi connectivity index (χ0n) is 35.2. The number of carboxylic acids is 1. The summed E-state index contributed by atoms with van der Waals surface area (Å²) in [5, 5.41) is 53.8. The van der Waals surface area contributed by atoms with Crippen LogP contribution >= 0.6 is 0 Å². The van der Waals surface area contributed by atoms with Crippen molar-refractivity contribution in [1.82, 2.24) is 0 Å². The highest BCUT2D eigenvalue weighted by Gasteiger charge is 2.55. The topological polar surface area (TPSA) is 183 Å². The minimum absolute atomic E-state index is 0.000391. The van der Waals surface area contributed by atoms with Crippen LogP contribution < -0.4 is 0 Å². The van der Waals surface area contributed by atoms with Crippen molar-refractivity contribution in [2.24, 2.45) is 23.7 Å². The van der Waals surface area contributed by atoms with Gasteiger partial charge in [0.05, 0.1) is 61.5 Å². The Morgan fingerprint density at radius 2 is 1.67 bits per heavy atom. The average Bonchev–Trinajstić information content (AvgIpc) is 3.56. The molecule has 0 aromatic carbocycles. The number of carboxylic acid groups (broad SMARTS) is 1. The van der Waals surface area contributed by atoms with E-state index in [-0.39, 0.29) is 48.6 Å². The molecule has 0 aromatic heterocycles. The Morgan fingerprint density at radius 3 is 2.40 bits per heavy atom. The summed E-state index contributed by atoms with van der Waals surface area (Å²) in [6.45, 7) is 12.5. The lowest BCUT2D eigenvalue weighted by Gasteiger charge is -2.51. The smallest absolute Gasteiger partial charge is 0.335 e. The van der Waals surface area contributed by atoms with Crippen molar-refractivity contribution in [2.75, 3.05) is 6.61 Å². The molecule has 326 valence electrons. The summed E-state index contributed by atoms with van der Waals surface area (Å²) < 4.78 is 45.8. The number of hydrogen-bond donors (Lipinski definition) is 5. The maximum atomic E-state index is 11.7.